The number of hydrogen-bond acceptors (Lipinski definition) is 9. The summed E-state index contributed by atoms with van der Waals surface area (Å²) in [7, 11) is -4.41. The number of rotatable bonds is 7. The molecule has 1 saturated heterocycles. The van der Waals surface area contributed by atoms with Gasteiger partial charge >= 0.3 is 7.60 Å². The van der Waals surface area contributed by atoms with E-state index in [2.05, 4.69) is 20.3 Å². The highest BCUT2D eigenvalue weighted by Crippen LogP contribution is 2.56. The van der Waals surface area contributed by atoms with Crippen LogP contribution >= 0.6 is 7.60 Å². The minimum Gasteiger partial charge on any atom is -0.385 e. The van der Waals surface area contributed by atoms with Crippen LogP contribution in [0, 0.1) is 0 Å². The number of aliphatic hydroxyl groups excluding tert-OH is 1. The van der Waals surface area contributed by atoms with Crippen molar-refractivity contribution in [2.75, 3.05) is 11.7 Å². The zero-order valence-electron chi connectivity index (χ0n) is 16.9. The lowest BCUT2D eigenvalue weighted by atomic mass is 10.1. The lowest BCUT2D eigenvalue weighted by Crippen LogP contribution is -2.37. The first-order valence-electron chi connectivity index (χ1n) is 9.91. The molecule has 5 rings (SSSR count). The number of nitrogens with one attached hydrogen (secondary N) is 1. The number of aromatic nitrogens is 4. The first-order chi connectivity index (χ1) is 15.2. The maximum Gasteiger partial charge on any atom is 0.350 e. The molecule has 1 aliphatic heterocycles. The molecule has 2 fully saturated rings. The average Bonchev–Trinajstić information content (AvgIpc) is 3.01. The Hall–Kier alpha value is -2.44. The summed E-state index contributed by atoms with van der Waals surface area (Å²) in [6, 6.07) is 9.78. The van der Waals surface area contributed by atoms with Crippen LogP contribution in [0.4, 0.5) is 5.82 Å². The highest BCUT2D eigenvalue weighted by Gasteiger charge is 2.78. The van der Waals surface area contributed by atoms with Crippen molar-refractivity contribution in [3.8, 4) is 0 Å². The molecule has 2 unspecified atom stereocenters. The number of ether oxygens (including phenoxy) is 2. The molecule has 6 atom stereocenters. The quantitative estimate of drug-likeness (QED) is 0.309. The molecule has 5 N–H and O–H groups in total. The van der Waals surface area contributed by atoms with Crippen molar-refractivity contribution in [1.82, 2.24) is 19.5 Å². The van der Waals surface area contributed by atoms with Gasteiger partial charge < -0.3 is 34.8 Å². The van der Waals surface area contributed by atoms with E-state index in [0.29, 0.717) is 17.0 Å². The van der Waals surface area contributed by atoms with Crippen LogP contribution in [0.1, 0.15) is 24.8 Å². The van der Waals surface area contributed by atoms with Crippen molar-refractivity contribution in [3.05, 3.63) is 48.5 Å². The number of anilines is 1. The zero-order valence-corrected chi connectivity index (χ0v) is 17.8. The van der Waals surface area contributed by atoms with Crippen molar-refractivity contribution in [3.63, 3.8) is 0 Å². The van der Waals surface area contributed by atoms with Crippen LogP contribution in [-0.2, 0) is 14.0 Å². The van der Waals surface area contributed by atoms with Crippen molar-refractivity contribution >= 4 is 24.6 Å². The third kappa shape index (κ3) is 3.50. The first-order valence-corrected chi connectivity index (χ1v) is 11.7. The van der Waals surface area contributed by atoms with Gasteiger partial charge in [0.15, 0.2) is 28.8 Å². The fourth-order valence-corrected chi connectivity index (χ4v) is 4.45. The predicted octanol–water partition coefficient (Wildman–Crippen LogP) is 0.523. The Balaban J connectivity index is 1.36. The zero-order chi connectivity index (χ0) is 22.7. The monoisotopic (exact) mass is 463 g/mol. The number of nitrogens with zero attached hydrogens (tertiary/aromatic N) is 4. The van der Waals surface area contributed by atoms with E-state index in [9.17, 15) is 14.8 Å². The number of hydrogen-bond donors (Lipinski definition) is 5. The van der Waals surface area contributed by atoms with Gasteiger partial charge in [-0.05, 0) is 12.5 Å². The van der Waals surface area contributed by atoms with E-state index in [1.807, 2.05) is 37.3 Å². The van der Waals surface area contributed by atoms with Crippen molar-refractivity contribution in [2.24, 2.45) is 0 Å². The van der Waals surface area contributed by atoms with E-state index in [0.717, 1.165) is 5.56 Å². The van der Waals surface area contributed by atoms with Gasteiger partial charge in [-0.15, -0.1) is 0 Å². The van der Waals surface area contributed by atoms with Crippen LogP contribution in [-0.4, -0.2) is 69.8 Å². The summed E-state index contributed by atoms with van der Waals surface area (Å²) >= 11 is 0. The van der Waals surface area contributed by atoms with E-state index in [4.69, 9.17) is 19.3 Å². The lowest BCUT2D eigenvalue weighted by molar-refractivity contribution is -0.104. The second kappa shape index (κ2) is 7.56. The van der Waals surface area contributed by atoms with Gasteiger partial charge in [0.25, 0.3) is 0 Å². The molecule has 3 heterocycles. The molecule has 1 saturated carbocycles. The minimum atomic E-state index is -4.41. The van der Waals surface area contributed by atoms with Gasteiger partial charge in [-0.1, -0.05) is 30.3 Å². The Kier molecular flexibility index (Phi) is 5.06. The Morgan fingerprint density at radius 2 is 2.03 bits per heavy atom. The largest absolute Gasteiger partial charge is 0.385 e. The summed E-state index contributed by atoms with van der Waals surface area (Å²) in [6.45, 7) is 1.99. The van der Waals surface area contributed by atoms with Gasteiger partial charge in [0.1, 0.15) is 31.0 Å². The summed E-state index contributed by atoms with van der Waals surface area (Å²) in [4.78, 5) is 30.8. The minimum absolute atomic E-state index is 0.0481. The molecule has 0 amide bonds. The van der Waals surface area contributed by atoms with Gasteiger partial charge in [-0.2, -0.15) is 0 Å². The smallest absolute Gasteiger partial charge is 0.350 e. The van der Waals surface area contributed by atoms with E-state index in [1.54, 1.807) is 0 Å². The summed E-state index contributed by atoms with van der Waals surface area (Å²) in [5, 5.41) is 24.7. The number of benzene rings is 1. The van der Waals surface area contributed by atoms with E-state index in [-0.39, 0.29) is 6.04 Å². The van der Waals surface area contributed by atoms with Crippen molar-refractivity contribution in [2.45, 2.75) is 43.1 Å². The van der Waals surface area contributed by atoms with Crippen molar-refractivity contribution in [1.29, 1.82) is 0 Å². The van der Waals surface area contributed by atoms with Crippen LogP contribution < -0.4 is 5.32 Å². The standard InChI is InChI=1S/C19H22N5O7P/c1-10(11-5-3-2-4-6-11)23-16-12-17(21-7-20-16)24(8-22-12)18-13(25)19(26)14(15(19)31-18)30-9-32(27,28)29/h2-8,10,13-15,18,25-26H,9H2,1H3,(H,20,21,23)(H2,27,28,29)/t10?,13-,14?,15+,18+,19+/m0/s1. The molecule has 12 nitrogen and oxygen atoms in total. The highest BCUT2D eigenvalue weighted by atomic mass is 31.2. The Morgan fingerprint density at radius 3 is 2.69 bits per heavy atom. The van der Waals surface area contributed by atoms with E-state index in [1.165, 1.54) is 17.2 Å². The van der Waals surface area contributed by atoms with Crippen LogP contribution in [0.3, 0.4) is 0 Å². The fraction of sp³-hybridized carbons (Fsp3) is 0.421. The molecule has 1 aromatic carbocycles. The van der Waals surface area contributed by atoms with Gasteiger partial charge in [-0.3, -0.25) is 9.13 Å². The highest BCUT2D eigenvalue weighted by molar-refractivity contribution is 7.51. The van der Waals surface area contributed by atoms with Gasteiger partial charge in [0.05, 0.1) is 12.4 Å². The summed E-state index contributed by atoms with van der Waals surface area (Å²) in [6.07, 6.45) is -2.44. The number of fused-ring (bicyclic) bond motifs is 2. The van der Waals surface area contributed by atoms with Crippen molar-refractivity contribution < 1.29 is 34.0 Å². The summed E-state index contributed by atoms with van der Waals surface area (Å²) < 4.78 is 23.3. The molecule has 13 heteroatoms. The Morgan fingerprint density at radius 1 is 1.28 bits per heavy atom. The van der Waals surface area contributed by atoms with Crippen LogP contribution in [0.5, 0.6) is 0 Å². The number of imidazole rings is 1. The molecule has 2 aliphatic rings. The topological polar surface area (TPSA) is 172 Å². The Labute approximate surface area is 182 Å². The maximum absolute atomic E-state index is 11.0. The molecule has 1 aliphatic carbocycles. The molecule has 0 radical (unpaired) electrons. The van der Waals surface area contributed by atoms with Gasteiger partial charge in [-0.25, -0.2) is 15.0 Å². The van der Waals surface area contributed by atoms with E-state index < -0.39 is 44.1 Å². The first kappa shape index (κ1) is 21.4. The second-order valence-corrected chi connectivity index (χ2v) is 9.57. The molecular formula is C19H22N5O7P. The second-order valence-electron chi connectivity index (χ2n) is 7.98. The normalized spacial score (nSPS) is 30.3. The van der Waals surface area contributed by atoms with Crippen LogP contribution in [0.15, 0.2) is 43.0 Å². The third-order valence-electron chi connectivity index (χ3n) is 5.82. The van der Waals surface area contributed by atoms with Gasteiger partial charge in [0.2, 0.25) is 0 Å². The number of aliphatic hydroxyl groups is 2. The lowest BCUT2D eigenvalue weighted by Gasteiger charge is -2.23. The molecule has 0 bridgehead atoms. The van der Waals surface area contributed by atoms with Crippen LogP contribution in [0.25, 0.3) is 11.2 Å². The molecule has 0 spiro atoms. The maximum atomic E-state index is 11.0. The van der Waals surface area contributed by atoms with Gasteiger partial charge in [0, 0.05) is 0 Å². The molecular weight excluding hydrogens is 441 g/mol. The molecule has 2 aromatic heterocycles. The molecule has 32 heavy (non-hydrogen) atoms. The molecule has 3 aromatic rings. The summed E-state index contributed by atoms with van der Waals surface area (Å²) in [5.41, 5.74) is 0.154. The Bertz CT molecular complexity index is 1190. The predicted molar refractivity (Wildman–Crippen MR) is 110 cm³/mol. The average molecular weight is 463 g/mol. The fourth-order valence-electron chi connectivity index (χ4n) is 4.09. The third-order valence-corrected chi connectivity index (χ3v) is 6.30. The van der Waals surface area contributed by atoms with Crippen LogP contribution in [0.2, 0.25) is 0 Å². The SMILES string of the molecule is CC(Nc1ncnc2c1ncn2[C@@H]1O[C@@H]2C(OCP(=O)(O)O)[C@]2(O)[C@H]1O)c1ccccc1. The molecule has 170 valence electrons. The van der Waals surface area contributed by atoms with E-state index >= 15 is 0 Å². The summed E-state index contributed by atoms with van der Waals surface area (Å²) in [5.74, 6) is 0.504.